The Labute approximate surface area is 154 Å². The Balaban J connectivity index is 2.54. The zero-order valence-electron chi connectivity index (χ0n) is 15.3. The van der Waals surface area contributed by atoms with Gasteiger partial charge in [0.25, 0.3) is 0 Å². The van der Waals surface area contributed by atoms with E-state index in [2.05, 4.69) is 26.6 Å². The van der Waals surface area contributed by atoms with E-state index in [1.54, 1.807) is 0 Å². The quantitative estimate of drug-likeness (QED) is 0.468. The average Bonchev–Trinajstić information content (AvgIpc) is 2.49. The molecule has 0 unspecified atom stereocenters. The molecular formula is C18H33BrN2O3. The highest BCUT2D eigenvalue weighted by Crippen LogP contribution is 2.18. The summed E-state index contributed by atoms with van der Waals surface area (Å²) in [5.74, 6) is -0.0772. The Kier molecular flexibility index (Phi) is 9.71. The molecule has 0 heterocycles. The van der Waals surface area contributed by atoms with Crippen molar-refractivity contribution in [2.45, 2.75) is 96.2 Å². The molecule has 24 heavy (non-hydrogen) atoms. The van der Waals surface area contributed by atoms with Gasteiger partial charge in [-0.05, 0) is 46.5 Å². The maximum absolute atomic E-state index is 12.6. The van der Waals surface area contributed by atoms with Crippen LogP contribution >= 0.6 is 15.9 Å². The molecule has 1 aliphatic carbocycles. The molecule has 2 amide bonds. The maximum atomic E-state index is 12.6. The van der Waals surface area contributed by atoms with Gasteiger partial charge in [0, 0.05) is 11.4 Å². The molecule has 5 nitrogen and oxygen atoms in total. The number of carbonyl (C=O) groups excluding carboxylic acids is 2. The number of alkyl halides is 1. The van der Waals surface area contributed by atoms with E-state index in [0.29, 0.717) is 6.42 Å². The number of alkyl carbamates (subject to hydrolysis) is 1. The first-order valence-corrected chi connectivity index (χ1v) is 10.3. The van der Waals surface area contributed by atoms with Gasteiger partial charge >= 0.3 is 6.09 Å². The lowest BCUT2D eigenvalue weighted by molar-refractivity contribution is -0.124. The molecule has 0 bridgehead atoms. The molecule has 0 aliphatic heterocycles. The van der Waals surface area contributed by atoms with E-state index in [1.807, 2.05) is 20.8 Å². The van der Waals surface area contributed by atoms with Gasteiger partial charge in [0.05, 0.1) is 0 Å². The van der Waals surface area contributed by atoms with Gasteiger partial charge in [-0.3, -0.25) is 4.79 Å². The maximum Gasteiger partial charge on any atom is 0.408 e. The predicted molar refractivity (Wildman–Crippen MR) is 100 cm³/mol. The molecule has 2 N–H and O–H groups in total. The number of halogens is 1. The Morgan fingerprint density at radius 2 is 1.79 bits per heavy atom. The topological polar surface area (TPSA) is 67.4 Å². The third kappa shape index (κ3) is 9.50. The van der Waals surface area contributed by atoms with Crippen LogP contribution in [0.2, 0.25) is 0 Å². The molecule has 1 atom stereocenters. The number of nitrogens with one attached hydrogen (secondary N) is 2. The molecule has 0 radical (unpaired) electrons. The van der Waals surface area contributed by atoms with E-state index in [4.69, 9.17) is 4.74 Å². The Morgan fingerprint density at radius 1 is 1.12 bits per heavy atom. The number of unbranched alkanes of at least 4 members (excludes halogenated alkanes) is 2. The van der Waals surface area contributed by atoms with Gasteiger partial charge in [-0.1, -0.05) is 48.0 Å². The van der Waals surface area contributed by atoms with Gasteiger partial charge in [0.1, 0.15) is 11.6 Å². The largest absolute Gasteiger partial charge is 0.444 e. The van der Waals surface area contributed by atoms with Gasteiger partial charge in [-0.25, -0.2) is 4.79 Å². The second kappa shape index (κ2) is 11.0. The summed E-state index contributed by atoms with van der Waals surface area (Å²) in [7, 11) is 0. The third-order valence-electron chi connectivity index (χ3n) is 4.09. The van der Waals surface area contributed by atoms with Crippen molar-refractivity contribution < 1.29 is 14.3 Å². The predicted octanol–water partition coefficient (Wildman–Crippen LogP) is 4.28. The first-order chi connectivity index (χ1) is 11.3. The SMILES string of the molecule is CC(C)(C)OC(=O)N[C@@H](CCCCCBr)C(=O)NC1CCCCC1. The van der Waals surface area contributed by atoms with Crippen LogP contribution in [0.4, 0.5) is 4.79 Å². The molecule has 6 heteroatoms. The van der Waals surface area contributed by atoms with E-state index in [1.165, 1.54) is 19.3 Å². The highest BCUT2D eigenvalue weighted by Gasteiger charge is 2.26. The van der Waals surface area contributed by atoms with Gasteiger partial charge < -0.3 is 15.4 Å². The molecule has 0 aromatic carbocycles. The Bertz CT molecular complexity index is 390. The summed E-state index contributed by atoms with van der Waals surface area (Å²) in [4.78, 5) is 24.6. The summed E-state index contributed by atoms with van der Waals surface area (Å²) in [6.45, 7) is 5.46. The van der Waals surface area contributed by atoms with Gasteiger partial charge in [-0.15, -0.1) is 0 Å². The van der Waals surface area contributed by atoms with Crippen molar-refractivity contribution in [2.24, 2.45) is 0 Å². The number of hydrogen-bond acceptors (Lipinski definition) is 3. The average molecular weight is 405 g/mol. The van der Waals surface area contributed by atoms with Crippen molar-refractivity contribution >= 4 is 27.9 Å². The fourth-order valence-corrected chi connectivity index (χ4v) is 3.28. The number of hydrogen-bond donors (Lipinski definition) is 2. The normalized spacial score (nSPS) is 17.2. The minimum atomic E-state index is -0.565. The van der Waals surface area contributed by atoms with Crippen LogP contribution in [0.5, 0.6) is 0 Å². The van der Waals surface area contributed by atoms with Crippen molar-refractivity contribution in [2.75, 3.05) is 5.33 Å². The fraction of sp³-hybridized carbons (Fsp3) is 0.889. The van der Waals surface area contributed by atoms with Crippen LogP contribution in [0.25, 0.3) is 0 Å². The second-order valence-electron chi connectivity index (χ2n) is 7.58. The number of rotatable bonds is 8. The van der Waals surface area contributed by atoms with E-state index >= 15 is 0 Å². The summed E-state index contributed by atoms with van der Waals surface area (Å²) in [6.07, 6.45) is 8.79. The molecule has 1 saturated carbocycles. The van der Waals surface area contributed by atoms with Crippen molar-refractivity contribution in [1.82, 2.24) is 10.6 Å². The summed E-state index contributed by atoms with van der Waals surface area (Å²) in [5, 5.41) is 6.83. The van der Waals surface area contributed by atoms with E-state index < -0.39 is 17.7 Å². The molecular weight excluding hydrogens is 372 g/mol. The van der Waals surface area contributed by atoms with Crippen molar-refractivity contribution in [1.29, 1.82) is 0 Å². The van der Waals surface area contributed by atoms with Gasteiger partial charge in [-0.2, -0.15) is 0 Å². The van der Waals surface area contributed by atoms with Crippen LogP contribution < -0.4 is 10.6 Å². The second-order valence-corrected chi connectivity index (χ2v) is 8.37. The molecule has 0 spiro atoms. The van der Waals surface area contributed by atoms with Crippen molar-refractivity contribution in [3.8, 4) is 0 Å². The summed E-state index contributed by atoms with van der Waals surface area (Å²) in [6, 6.07) is -0.270. The minimum absolute atomic E-state index is 0.0772. The highest BCUT2D eigenvalue weighted by atomic mass is 79.9. The highest BCUT2D eigenvalue weighted by molar-refractivity contribution is 9.09. The van der Waals surface area contributed by atoms with Crippen LogP contribution in [0.15, 0.2) is 0 Å². The van der Waals surface area contributed by atoms with Crippen LogP contribution in [-0.2, 0) is 9.53 Å². The smallest absolute Gasteiger partial charge is 0.408 e. The molecule has 140 valence electrons. The lowest BCUT2D eigenvalue weighted by atomic mass is 9.95. The van der Waals surface area contributed by atoms with Crippen LogP contribution in [0, 0.1) is 0 Å². The van der Waals surface area contributed by atoms with Gasteiger partial charge in [0.15, 0.2) is 0 Å². The summed E-state index contributed by atoms with van der Waals surface area (Å²) < 4.78 is 5.30. The third-order valence-corrected chi connectivity index (χ3v) is 4.65. The first-order valence-electron chi connectivity index (χ1n) is 9.17. The Hall–Kier alpha value is -0.780. The lowest BCUT2D eigenvalue weighted by Gasteiger charge is -2.27. The van der Waals surface area contributed by atoms with E-state index in [0.717, 1.165) is 37.4 Å². The monoisotopic (exact) mass is 404 g/mol. The molecule has 1 rings (SSSR count). The van der Waals surface area contributed by atoms with Crippen LogP contribution in [0.1, 0.15) is 78.6 Å². The summed E-state index contributed by atoms with van der Waals surface area (Å²) >= 11 is 3.42. The number of ether oxygens (including phenoxy) is 1. The van der Waals surface area contributed by atoms with E-state index in [9.17, 15) is 9.59 Å². The molecule has 0 aromatic rings. The lowest BCUT2D eigenvalue weighted by Crippen LogP contribution is -2.50. The van der Waals surface area contributed by atoms with Crippen molar-refractivity contribution in [3.05, 3.63) is 0 Å². The van der Waals surface area contributed by atoms with Gasteiger partial charge in [0.2, 0.25) is 5.91 Å². The zero-order valence-corrected chi connectivity index (χ0v) is 16.9. The summed E-state index contributed by atoms with van der Waals surface area (Å²) in [5.41, 5.74) is -0.565. The fourth-order valence-electron chi connectivity index (χ4n) is 2.89. The van der Waals surface area contributed by atoms with E-state index in [-0.39, 0.29) is 11.9 Å². The number of amides is 2. The van der Waals surface area contributed by atoms with Crippen LogP contribution in [0.3, 0.4) is 0 Å². The first kappa shape index (κ1) is 21.3. The standard InChI is InChI=1S/C18H33BrN2O3/c1-18(2,3)24-17(23)21-15(12-8-5-9-13-19)16(22)20-14-10-6-4-7-11-14/h14-15H,4-13H2,1-3H3,(H,20,22)(H,21,23)/t15-/m0/s1. The zero-order chi connectivity index (χ0) is 18.0. The number of carbonyl (C=O) groups is 2. The molecule has 0 saturated heterocycles. The molecule has 1 fully saturated rings. The Morgan fingerprint density at radius 3 is 2.38 bits per heavy atom. The molecule has 1 aliphatic rings. The minimum Gasteiger partial charge on any atom is -0.444 e. The van der Waals surface area contributed by atoms with Crippen molar-refractivity contribution in [3.63, 3.8) is 0 Å². The van der Waals surface area contributed by atoms with Crippen LogP contribution in [-0.4, -0.2) is 35.0 Å². The molecule has 0 aromatic heterocycles.